The van der Waals surface area contributed by atoms with Gasteiger partial charge in [0.15, 0.2) is 5.78 Å². The SMILES string of the molecule is O=C(CCN1CCC(c2cccc(F)c2)C1)c1ccc2c(c1)SCCO2. The first-order valence-corrected chi connectivity index (χ1v) is 10.1. The summed E-state index contributed by atoms with van der Waals surface area (Å²) in [6.07, 6.45) is 1.53. The monoisotopic (exact) mass is 371 g/mol. The van der Waals surface area contributed by atoms with Gasteiger partial charge in [0, 0.05) is 30.8 Å². The van der Waals surface area contributed by atoms with Crippen LogP contribution in [0.4, 0.5) is 4.39 Å². The molecule has 0 N–H and O–H groups in total. The molecule has 1 atom stereocenters. The lowest BCUT2D eigenvalue weighted by atomic mass is 9.98. The number of rotatable bonds is 5. The van der Waals surface area contributed by atoms with Crippen LogP contribution < -0.4 is 4.74 Å². The van der Waals surface area contributed by atoms with E-state index in [2.05, 4.69) is 4.90 Å². The van der Waals surface area contributed by atoms with Gasteiger partial charge in [-0.05, 0) is 54.8 Å². The second kappa shape index (κ2) is 7.80. The van der Waals surface area contributed by atoms with E-state index in [1.807, 2.05) is 24.3 Å². The molecule has 2 heterocycles. The predicted molar refractivity (Wildman–Crippen MR) is 102 cm³/mol. The Balaban J connectivity index is 1.32. The molecule has 2 aliphatic heterocycles. The molecule has 2 aromatic rings. The van der Waals surface area contributed by atoms with Crippen molar-refractivity contribution in [1.82, 2.24) is 4.90 Å². The van der Waals surface area contributed by atoms with Crippen LogP contribution in [0.25, 0.3) is 0 Å². The standard InChI is InChI=1S/C21H22FNO2S/c22-18-3-1-2-15(12-18)17-6-8-23(14-17)9-7-19(24)16-4-5-20-21(13-16)26-11-10-25-20/h1-5,12-13,17H,6-11,14H2. The van der Waals surface area contributed by atoms with Crippen molar-refractivity contribution in [2.24, 2.45) is 0 Å². The van der Waals surface area contributed by atoms with E-state index in [9.17, 15) is 9.18 Å². The number of likely N-dealkylation sites (tertiary alicyclic amines) is 1. The second-order valence-electron chi connectivity index (χ2n) is 6.87. The molecule has 1 unspecified atom stereocenters. The Bertz CT molecular complexity index is 810. The fraction of sp³-hybridized carbons (Fsp3) is 0.381. The molecular weight excluding hydrogens is 349 g/mol. The van der Waals surface area contributed by atoms with Crippen LogP contribution in [0, 0.1) is 5.82 Å². The number of benzene rings is 2. The molecule has 0 amide bonds. The number of ether oxygens (including phenoxy) is 1. The van der Waals surface area contributed by atoms with Crippen molar-refractivity contribution in [1.29, 1.82) is 0 Å². The van der Waals surface area contributed by atoms with Crippen LogP contribution in [0.2, 0.25) is 0 Å². The molecule has 136 valence electrons. The number of ketones is 1. The number of fused-ring (bicyclic) bond motifs is 1. The zero-order valence-corrected chi connectivity index (χ0v) is 15.4. The van der Waals surface area contributed by atoms with E-state index >= 15 is 0 Å². The predicted octanol–water partition coefficient (Wildman–Crippen LogP) is 4.37. The molecular formula is C21H22FNO2S. The van der Waals surface area contributed by atoms with E-state index < -0.39 is 0 Å². The molecule has 2 aliphatic rings. The highest BCUT2D eigenvalue weighted by Crippen LogP contribution is 2.34. The largest absolute Gasteiger partial charge is 0.492 e. The highest BCUT2D eigenvalue weighted by atomic mass is 32.2. The average Bonchev–Trinajstić information content (AvgIpc) is 3.15. The van der Waals surface area contributed by atoms with Gasteiger partial charge in [-0.15, -0.1) is 11.8 Å². The summed E-state index contributed by atoms with van der Waals surface area (Å²) in [5, 5.41) is 0. The molecule has 5 heteroatoms. The van der Waals surface area contributed by atoms with Crippen molar-refractivity contribution >= 4 is 17.5 Å². The van der Waals surface area contributed by atoms with E-state index in [0.717, 1.165) is 60.2 Å². The molecule has 3 nitrogen and oxygen atoms in total. The lowest BCUT2D eigenvalue weighted by Gasteiger charge is -2.18. The van der Waals surface area contributed by atoms with Gasteiger partial charge >= 0.3 is 0 Å². The molecule has 1 saturated heterocycles. The molecule has 0 aromatic heterocycles. The first-order chi connectivity index (χ1) is 12.7. The number of Topliss-reactive ketones (excluding diaryl/α,β-unsaturated/α-hetero) is 1. The molecule has 0 radical (unpaired) electrons. The zero-order valence-electron chi connectivity index (χ0n) is 14.6. The summed E-state index contributed by atoms with van der Waals surface area (Å²) >= 11 is 1.74. The first-order valence-electron chi connectivity index (χ1n) is 9.10. The molecule has 0 aliphatic carbocycles. The maximum atomic E-state index is 13.4. The third-order valence-corrected chi connectivity index (χ3v) is 6.11. The molecule has 0 spiro atoms. The molecule has 0 bridgehead atoms. The van der Waals surface area contributed by atoms with Gasteiger partial charge in [-0.1, -0.05) is 12.1 Å². The number of carbonyl (C=O) groups excluding carboxylic acids is 1. The number of carbonyl (C=O) groups is 1. The Hall–Kier alpha value is -1.85. The molecule has 26 heavy (non-hydrogen) atoms. The van der Waals surface area contributed by atoms with Gasteiger partial charge in [-0.3, -0.25) is 4.79 Å². The van der Waals surface area contributed by atoms with Gasteiger partial charge in [0.1, 0.15) is 11.6 Å². The quantitative estimate of drug-likeness (QED) is 0.730. The number of halogens is 1. The van der Waals surface area contributed by atoms with Crippen LogP contribution in [0.1, 0.15) is 34.7 Å². The topological polar surface area (TPSA) is 29.5 Å². The normalized spacial score (nSPS) is 19.8. The van der Waals surface area contributed by atoms with Crippen molar-refractivity contribution in [3.8, 4) is 5.75 Å². The maximum absolute atomic E-state index is 13.4. The van der Waals surface area contributed by atoms with E-state index in [1.165, 1.54) is 6.07 Å². The van der Waals surface area contributed by atoms with Crippen LogP contribution in [0.3, 0.4) is 0 Å². The number of hydrogen-bond donors (Lipinski definition) is 0. The Labute approximate surface area is 157 Å². The highest BCUT2D eigenvalue weighted by molar-refractivity contribution is 7.99. The van der Waals surface area contributed by atoms with Gasteiger partial charge in [-0.25, -0.2) is 4.39 Å². The van der Waals surface area contributed by atoms with Crippen molar-refractivity contribution in [3.63, 3.8) is 0 Å². The van der Waals surface area contributed by atoms with E-state index in [0.29, 0.717) is 12.3 Å². The summed E-state index contributed by atoms with van der Waals surface area (Å²) in [6, 6.07) is 12.6. The fourth-order valence-electron chi connectivity index (χ4n) is 3.69. The molecule has 2 aromatic carbocycles. The average molecular weight is 371 g/mol. The van der Waals surface area contributed by atoms with Gasteiger partial charge in [0.2, 0.25) is 0 Å². The first kappa shape index (κ1) is 17.6. The molecule has 0 saturated carbocycles. The lowest BCUT2D eigenvalue weighted by Crippen LogP contribution is -2.23. The van der Waals surface area contributed by atoms with E-state index in [1.54, 1.807) is 23.9 Å². The third kappa shape index (κ3) is 3.94. The minimum Gasteiger partial charge on any atom is -0.492 e. The fourth-order valence-corrected chi connectivity index (χ4v) is 4.56. The summed E-state index contributed by atoms with van der Waals surface area (Å²) in [5.74, 6) is 2.17. The van der Waals surface area contributed by atoms with Gasteiger partial charge in [0.05, 0.1) is 11.5 Å². The van der Waals surface area contributed by atoms with Crippen LogP contribution in [-0.2, 0) is 0 Å². The maximum Gasteiger partial charge on any atom is 0.164 e. The second-order valence-corrected chi connectivity index (χ2v) is 8.01. The Morgan fingerprint density at radius 1 is 1.27 bits per heavy atom. The zero-order chi connectivity index (χ0) is 17.9. The minimum atomic E-state index is -0.176. The summed E-state index contributed by atoms with van der Waals surface area (Å²) < 4.78 is 19.0. The summed E-state index contributed by atoms with van der Waals surface area (Å²) in [6.45, 7) is 3.34. The third-order valence-electron chi connectivity index (χ3n) is 5.11. The number of hydrogen-bond acceptors (Lipinski definition) is 4. The van der Waals surface area contributed by atoms with Crippen LogP contribution in [0.5, 0.6) is 5.75 Å². The Morgan fingerprint density at radius 3 is 3.08 bits per heavy atom. The van der Waals surface area contributed by atoms with Crippen LogP contribution in [0.15, 0.2) is 47.4 Å². The molecule has 4 rings (SSSR count). The van der Waals surface area contributed by atoms with Gasteiger partial charge in [0.25, 0.3) is 0 Å². The smallest absolute Gasteiger partial charge is 0.164 e. The molecule has 1 fully saturated rings. The van der Waals surface area contributed by atoms with Crippen LogP contribution in [-0.4, -0.2) is 42.7 Å². The van der Waals surface area contributed by atoms with Crippen molar-refractivity contribution in [2.75, 3.05) is 32.0 Å². The lowest BCUT2D eigenvalue weighted by molar-refractivity contribution is 0.0968. The van der Waals surface area contributed by atoms with Gasteiger partial charge in [-0.2, -0.15) is 0 Å². The highest BCUT2D eigenvalue weighted by Gasteiger charge is 2.24. The van der Waals surface area contributed by atoms with Crippen molar-refractivity contribution < 1.29 is 13.9 Å². The Morgan fingerprint density at radius 2 is 2.19 bits per heavy atom. The van der Waals surface area contributed by atoms with Crippen molar-refractivity contribution in [2.45, 2.75) is 23.7 Å². The number of nitrogens with zero attached hydrogens (tertiary/aromatic N) is 1. The minimum absolute atomic E-state index is 0.174. The van der Waals surface area contributed by atoms with E-state index in [-0.39, 0.29) is 11.6 Å². The van der Waals surface area contributed by atoms with Crippen molar-refractivity contribution in [3.05, 3.63) is 59.4 Å². The summed E-state index contributed by atoms with van der Waals surface area (Å²) in [5.41, 5.74) is 1.83. The van der Waals surface area contributed by atoms with E-state index in [4.69, 9.17) is 4.74 Å². The van der Waals surface area contributed by atoms with Crippen LogP contribution >= 0.6 is 11.8 Å². The summed E-state index contributed by atoms with van der Waals surface area (Å²) in [4.78, 5) is 15.9. The number of thioether (sulfide) groups is 1. The Kier molecular flexibility index (Phi) is 5.27. The summed E-state index contributed by atoms with van der Waals surface area (Å²) in [7, 11) is 0. The van der Waals surface area contributed by atoms with Gasteiger partial charge < -0.3 is 9.64 Å².